The molecule has 0 saturated carbocycles. The molecule has 7 nitrogen and oxygen atoms in total. The molecule has 1 fully saturated rings. The molecule has 1 aliphatic rings. The highest BCUT2D eigenvalue weighted by molar-refractivity contribution is 5.95. The number of likely N-dealkylation sites (N-methyl/N-ethyl adjacent to an activating group) is 1. The van der Waals surface area contributed by atoms with Crippen LogP contribution in [-0.4, -0.2) is 61.7 Å². The van der Waals surface area contributed by atoms with Gasteiger partial charge in [0.15, 0.2) is 0 Å². The Balaban J connectivity index is 1.58. The number of hydrogen-bond acceptors (Lipinski definition) is 4. The van der Waals surface area contributed by atoms with Crippen molar-refractivity contribution in [3.05, 3.63) is 54.6 Å². The average molecular weight is 310 g/mol. The van der Waals surface area contributed by atoms with E-state index in [0.717, 1.165) is 24.4 Å². The predicted octanol–water partition coefficient (Wildman–Crippen LogP) is 1.19. The van der Waals surface area contributed by atoms with Gasteiger partial charge in [-0.05, 0) is 19.2 Å². The van der Waals surface area contributed by atoms with Gasteiger partial charge in [-0.2, -0.15) is 0 Å². The first kappa shape index (κ1) is 14.0. The first-order chi connectivity index (χ1) is 11.2. The van der Waals surface area contributed by atoms with Gasteiger partial charge in [-0.1, -0.05) is 0 Å². The van der Waals surface area contributed by atoms with Crippen molar-refractivity contribution in [3.8, 4) is 0 Å². The van der Waals surface area contributed by atoms with Crippen LogP contribution < -0.4 is 0 Å². The molecule has 4 heterocycles. The number of rotatable bonds is 2. The summed E-state index contributed by atoms with van der Waals surface area (Å²) in [5, 5.41) is 0. The molecule has 1 N–H and O–H groups in total. The number of H-pyrrole nitrogens is 1. The minimum atomic E-state index is 0.0540. The molecule has 7 heteroatoms. The summed E-state index contributed by atoms with van der Waals surface area (Å²) in [5.74, 6) is 0.953. The Morgan fingerprint density at radius 2 is 2.30 bits per heavy atom. The van der Waals surface area contributed by atoms with Crippen LogP contribution in [0.3, 0.4) is 0 Å². The van der Waals surface area contributed by atoms with Gasteiger partial charge in [-0.15, -0.1) is 0 Å². The van der Waals surface area contributed by atoms with Gasteiger partial charge in [0.05, 0.1) is 24.1 Å². The number of aromatic amines is 1. The van der Waals surface area contributed by atoms with Crippen molar-refractivity contribution >= 4 is 11.4 Å². The number of aromatic nitrogens is 4. The summed E-state index contributed by atoms with van der Waals surface area (Å²) in [6.07, 6.45) is 8.92. The molecule has 0 radical (unpaired) electrons. The van der Waals surface area contributed by atoms with Crippen LogP contribution in [0.2, 0.25) is 0 Å². The maximum absolute atomic E-state index is 12.8. The summed E-state index contributed by atoms with van der Waals surface area (Å²) in [5.41, 5.74) is 1.62. The van der Waals surface area contributed by atoms with Crippen molar-refractivity contribution in [1.29, 1.82) is 0 Å². The largest absolute Gasteiger partial charge is 0.347 e. The lowest BCUT2D eigenvalue weighted by molar-refractivity contribution is 0.0534. The quantitative estimate of drug-likeness (QED) is 0.772. The number of imidazole rings is 2. The number of carbonyl (C=O) groups is 1. The molecule has 0 bridgehead atoms. The Labute approximate surface area is 133 Å². The first-order valence-electron chi connectivity index (χ1n) is 7.63. The SMILES string of the molecule is CN1CCN(C(=O)c2ccn3cncc3c2)CC1c1ncc[nH]1. The van der Waals surface area contributed by atoms with Crippen LogP contribution in [0.5, 0.6) is 0 Å². The van der Waals surface area contributed by atoms with Crippen LogP contribution in [0.25, 0.3) is 5.52 Å². The van der Waals surface area contributed by atoms with Crippen LogP contribution in [0.1, 0.15) is 22.2 Å². The molecule has 3 aromatic rings. The molecule has 1 unspecified atom stereocenters. The maximum atomic E-state index is 12.8. The Hall–Kier alpha value is -2.67. The van der Waals surface area contributed by atoms with E-state index in [4.69, 9.17) is 0 Å². The van der Waals surface area contributed by atoms with E-state index in [1.807, 2.05) is 33.8 Å². The van der Waals surface area contributed by atoms with Gasteiger partial charge >= 0.3 is 0 Å². The number of nitrogens with zero attached hydrogens (tertiary/aromatic N) is 5. The third kappa shape index (κ3) is 2.49. The number of piperazine rings is 1. The summed E-state index contributed by atoms with van der Waals surface area (Å²) in [6.45, 7) is 2.18. The maximum Gasteiger partial charge on any atom is 0.254 e. The zero-order valence-corrected chi connectivity index (χ0v) is 12.9. The van der Waals surface area contributed by atoms with E-state index in [1.165, 1.54) is 0 Å². The van der Waals surface area contributed by atoms with Gasteiger partial charge in [0, 0.05) is 43.8 Å². The lowest BCUT2D eigenvalue weighted by Crippen LogP contribution is -2.49. The van der Waals surface area contributed by atoms with Gasteiger partial charge in [-0.3, -0.25) is 9.69 Å². The van der Waals surface area contributed by atoms with E-state index >= 15 is 0 Å². The molecule has 1 saturated heterocycles. The molecule has 0 aromatic carbocycles. The van der Waals surface area contributed by atoms with Crippen molar-refractivity contribution in [1.82, 2.24) is 29.2 Å². The molecule has 3 aromatic heterocycles. The van der Waals surface area contributed by atoms with Crippen molar-refractivity contribution in [2.45, 2.75) is 6.04 Å². The van der Waals surface area contributed by atoms with Gasteiger partial charge in [0.25, 0.3) is 5.91 Å². The van der Waals surface area contributed by atoms with Crippen molar-refractivity contribution < 1.29 is 4.79 Å². The zero-order valence-electron chi connectivity index (χ0n) is 12.9. The molecular weight excluding hydrogens is 292 g/mol. The predicted molar refractivity (Wildman–Crippen MR) is 85.1 cm³/mol. The summed E-state index contributed by atoms with van der Waals surface area (Å²) < 4.78 is 1.90. The molecule has 118 valence electrons. The van der Waals surface area contributed by atoms with Gasteiger partial charge < -0.3 is 14.3 Å². The molecule has 1 amide bonds. The fourth-order valence-electron chi connectivity index (χ4n) is 3.05. The number of carbonyl (C=O) groups excluding carboxylic acids is 1. The Morgan fingerprint density at radius 1 is 1.39 bits per heavy atom. The summed E-state index contributed by atoms with van der Waals surface area (Å²) in [7, 11) is 2.06. The van der Waals surface area contributed by atoms with E-state index in [-0.39, 0.29) is 11.9 Å². The van der Waals surface area contributed by atoms with Gasteiger partial charge in [0.2, 0.25) is 0 Å². The molecule has 0 spiro atoms. The molecule has 23 heavy (non-hydrogen) atoms. The molecular formula is C16H18N6O. The fourth-order valence-corrected chi connectivity index (χ4v) is 3.05. The Bertz CT molecular complexity index is 824. The lowest BCUT2D eigenvalue weighted by atomic mass is 10.1. The molecule has 4 rings (SSSR count). The van der Waals surface area contributed by atoms with Gasteiger partial charge in [0.1, 0.15) is 5.82 Å². The number of amides is 1. The van der Waals surface area contributed by atoms with Crippen molar-refractivity contribution in [2.24, 2.45) is 0 Å². The second-order valence-electron chi connectivity index (χ2n) is 5.86. The molecule has 1 atom stereocenters. The highest BCUT2D eigenvalue weighted by Crippen LogP contribution is 2.22. The topological polar surface area (TPSA) is 69.5 Å². The van der Waals surface area contributed by atoms with E-state index < -0.39 is 0 Å². The average Bonchev–Trinajstić information content (AvgIpc) is 3.25. The van der Waals surface area contributed by atoms with Crippen LogP contribution in [0.4, 0.5) is 0 Å². The normalized spacial score (nSPS) is 19.3. The summed E-state index contributed by atoms with van der Waals surface area (Å²) >= 11 is 0. The lowest BCUT2D eigenvalue weighted by Gasteiger charge is -2.38. The number of hydrogen-bond donors (Lipinski definition) is 1. The number of pyridine rings is 1. The van der Waals surface area contributed by atoms with Crippen molar-refractivity contribution in [3.63, 3.8) is 0 Å². The van der Waals surface area contributed by atoms with Crippen LogP contribution in [-0.2, 0) is 0 Å². The molecule has 1 aliphatic heterocycles. The highest BCUT2D eigenvalue weighted by Gasteiger charge is 2.30. The zero-order chi connectivity index (χ0) is 15.8. The minimum absolute atomic E-state index is 0.0540. The van der Waals surface area contributed by atoms with Crippen molar-refractivity contribution in [2.75, 3.05) is 26.7 Å². The second-order valence-corrected chi connectivity index (χ2v) is 5.86. The standard InChI is InChI=1S/C16H18N6O/c1-20-6-7-21(10-14(20)15-18-3-4-19-15)16(23)12-2-5-22-11-17-9-13(22)8-12/h2-5,8-9,11,14H,6-7,10H2,1H3,(H,18,19). The number of fused-ring (bicyclic) bond motifs is 1. The third-order valence-corrected chi connectivity index (χ3v) is 4.43. The minimum Gasteiger partial charge on any atom is -0.347 e. The Kier molecular flexibility index (Phi) is 3.34. The smallest absolute Gasteiger partial charge is 0.254 e. The third-order valence-electron chi connectivity index (χ3n) is 4.43. The Morgan fingerprint density at radius 3 is 3.13 bits per heavy atom. The number of nitrogens with one attached hydrogen (secondary N) is 1. The van der Waals surface area contributed by atoms with E-state index in [9.17, 15) is 4.79 Å². The highest BCUT2D eigenvalue weighted by atomic mass is 16.2. The summed E-state index contributed by atoms with van der Waals surface area (Å²) in [4.78, 5) is 28.5. The molecule has 0 aliphatic carbocycles. The van der Waals surface area contributed by atoms with E-state index in [2.05, 4.69) is 26.9 Å². The fraction of sp³-hybridized carbons (Fsp3) is 0.312. The monoisotopic (exact) mass is 310 g/mol. The first-order valence-corrected chi connectivity index (χ1v) is 7.63. The van der Waals surface area contributed by atoms with Gasteiger partial charge in [-0.25, -0.2) is 9.97 Å². The summed E-state index contributed by atoms with van der Waals surface area (Å²) in [6, 6.07) is 3.83. The second kappa shape index (κ2) is 5.51. The van der Waals surface area contributed by atoms with Crippen LogP contribution in [0, 0.1) is 0 Å². The van der Waals surface area contributed by atoms with E-state index in [0.29, 0.717) is 12.1 Å². The van der Waals surface area contributed by atoms with Crippen LogP contribution in [0.15, 0.2) is 43.2 Å². The van der Waals surface area contributed by atoms with E-state index in [1.54, 1.807) is 18.7 Å². The van der Waals surface area contributed by atoms with Crippen LogP contribution >= 0.6 is 0 Å².